The van der Waals surface area contributed by atoms with Crippen LogP contribution in [0.1, 0.15) is 30.9 Å². The number of hydrogen-bond acceptors (Lipinski definition) is 3. The van der Waals surface area contributed by atoms with Gasteiger partial charge in [0, 0.05) is 18.0 Å². The number of piperidine rings is 1. The van der Waals surface area contributed by atoms with E-state index in [1.165, 1.54) is 0 Å². The van der Waals surface area contributed by atoms with Crippen LogP contribution in [0.15, 0.2) is 24.3 Å². The lowest BCUT2D eigenvalue weighted by atomic mass is 9.89. The van der Waals surface area contributed by atoms with Crippen LogP contribution in [0, 0.1) is 5.92 Å². The van der Waals surface area contributed by atoms with Gasteiger partial charge in [0.15, 0.2) is 0 Å². The van der Waals surface area contributed by atoms with Gasteiger partial charge in [-0.1, -0.05) is 18.2 Å². The fourth-order valence-corrected chi connectivity index (χ4v) is 2.38. The smallest absolute Gasteiger partial charge is 0.303 e. The molecule has 17 heavy (non-hydrogen) atoms. The molecule has 2 atom stereocenters. The summed E-state index contributed by atoms with van der Waals surface area (Å²) in [5, 5.41) is 21.8. The Balaban J connectivity index is 1.95. The average molecular weight is 235 g/mol. The number of aromatic hydroxyl groups is 1. The van der Waals surface area contributed by atoms with Crippen molar-refractivity contribution >= 4 is 5.97 Å². The molecule has 0 saturated carbocycles. The van der Waals surface area contributed by atoms with E-state index in [1.807, 2.05) is 12.1 Å². The second-order valence-electron chi connectivity index (χ2n) is 4.56. The van der Waals surface area contributed by atoms with Gasteiger partial charge in [-0.3, -0.25) is 4.79 Å². The molecule has 1 saturated heterocycles. The molecule has 1 aromatic carbocycles. The molecule has 1 aromatic rings. The van der Waals surface area contributed by atoms with E-state index >= 15 is 0 Å². The summed E-state index contributed by atoms with van der Waals surface area (Å²) in [6.45, 7) is 0.700. The van der Waals surface area contributed by atoms with Crippen molar-refractivity contribution in [1.29, 1.82) is 0 Å². The molecule has 1 heterocycles. The number of para-hydroxylation sites is 1. The zero-order valence-corrected chi connectivity index (χ0v) is 9.60. The van der Waals surface area contributed by atoms with Crippen molar-refractivity contribution in [3.63, 3.8) is 0 Å². The molecule has 4 nitrogen and oxygen atoms in total. The standard InChI is InChI=1S/C13H17NO3/c15-12-4-2-1-3-10(12)11-6-5-9(8-14-11)7-13(16)17/h1-4,9,11,14-15H,5-8H2,(H,16,17). The Morgan fingerprint density at radius 2 is 2.12 bits per heavy atom. The lowest BCUT2D eigenvalue weighted by Crippen LogP contribution is -2.34. The molecule has 92 valence electrons. The minimum atomic E-state index is -0.738. The Bertz CT molecular complexity index is 397. The zero-order chi connectivity index (χ0) is 12.3. The minimum absolute atomic E-state index is 0.140. The van der Waals surface area contributed by atoms with E-state index in [0.717, 1.165) is 18.4 Å². The molecular formula is C13H17NO3. The quantitative estimate of drug-likeness (QED) is 0.748. The van der Waals surface area contributed by atoms with Crippen LogP contribution >= 0.6 is 0 Å². The molecular weight excluding hydrogens is 218 g/mol. The van der Waals surface area contributed by atoms with Gasteiger partial charge in [-0.2, -0.15) is 0 Å². The van der Waals surface area contributed by atoms with Crippen LogP contribution < -0.4 is 5.32 Å². The minimum Gasteiger partial charge on any atom is -0.508 e. The Labute approximate surface area is 100 Å². The molecule has 0 bridgehead atoms. The van der Waals surface area contributed by atoms with Crippen LogP contribution in [0.2, 0.25) is 0 Å². The first-order valence-electron chi connectivity index (χ1n) is 5.90. The summed E-state index contributed by atoms with van der Waals surface area (Å²) in [6, 6.07) is 7.43. The Kier molecular flexibility index (Phi) is 3.64. The van der Waals surface area contributed by atoms with Crippen LogP contribution in [-0.4, -0.2) is 22.7 Å². The van der Waals surface area contributed by atoms with Gasteiger partial charge < -0.3 is 15.5 Å². The fourth-order valence-electron chi connectivity index (χ4n) is 2.38. The summed E-state index contributed by atoms with van der Waals surface area (Å²) >= 11 is 0. The average Bonchev–Trinajstić information content (AvgIpc) is 2.30. The molecule has 0 aliphatic carbocycles. The van der Waals surface area contributed by atoms with E-state index in [1.54, 1.807) is 12.1 Å². The summed E-state index contributed by atoms with van der Waals surface area (Å²) in [5.41, 5.74) is 0.904. The first-order valence-corrected chi connectivity index (χ1v) is 5.90. The van der Waals surface area contributed by atoms with Gasteiger partial charge in [-0.05, 0) is 31.4 Å². The second-order valence-corrected chi connectivity index (χ2v) is 4.56. The normalized spacial score (nSPS) is 24.5. The number of hydrogen-bond donors (Lipinski definition) is 3. The maximum atomic E-state index is 10.6. The Morgan fingerprint density at radius 3 is 2.71 bits per heavy atom. The van der Waals surface area contributed by atoms with Gasteiger partial charge in [0.25, 0.3) is 0 Å². The molecule has 1 aliphatic rings. The Morgan fingerprint density at radius 1 is 1.35 bits per heavy atom. The number of nitrogens with one attached hydrogen (secondary N) is 1. The third-order valence-electron chi connectivity index (χ3n) is 3.29. The summed E-state index contributed by atoms with van der Waals surface area (Å²) in [5.74, 6) is -0.228. The van der Waals surface area contributed by atoms with Crippen LogP contribution in [0.4, 0.5) is 0 Å². The van der Waals surface area contributed by atoms with Gasteiger partial charge in [0.2, 0.25) is 0 Å². The monoisotopic (exact) mass is 235 g/mol. The van der Waals surface area contributed by atoms with Crippen molar-refractivity contribution in [2.75, 3.05) is 6.54 Å². The molecule has 2 unspecified atom stereocenters. The zero-order valence-electron chi connectivity index (χ0n) is 9.60. The molecule has 0 amide bonds. The van der Waals surface area contributed by atoms with Crippen molar-refractivity contribution < 1.29 is 15.0 Å². The number of carbonyl (C=O) groups is 1. The van der Waals surface area contributed by atoms with Gasteiger partial charge in [0.05, 0.1) is 0 Å². The molecule has 2 rings (SSSR count). The van der Waals surface area contributed by atoms with Crippen molar-refractivity contribution in [3.8, 4) is 5.75 Å². The van der Waals surface area contributed by atoms with E-state index in [9.17, 15) is 9.90 Å². The number of rotatable bonds is 3. The van der Waals surface area contributed by atoms with Gasteiger partial charge in [-0.15, -0.1) is 0 Å². The molecule has 0 spiro atoms. The number of phenols is 1. The summed E-state index contributed by atoms with van der Waals surface area (Å²) in [7, 11) is 0. The predicted octanol–water partition coefficient (Wildman–Crippen LogP) is 1.91. The molecule has 0 radical (unpaired) electrons. The molecule has 0 aromatic heterocycles. The van der Waals surface area contributed by atoms with Crippen molar-refractivity contribution in [2.45, 2.75) is 25.3 Å². The maximum Gasteiger partial charge on any atom is 0.303 e. The summed E-state index contributed by atoms with van der Waals surface area (Å²) < 4.78 is 0. The molecule has 1 aliphatic heterocycles. The third kappa shape index (κ3) is 2.97. The van der Waals surface area contributed by atoms with Gasteiger partial charge in [0.1, 0.15) is 5.75 Å². The predicted molar refractivity (Wildman–Crippen MR) is 63.8 cm³/mol. The lowest BCUT2D eigenvalue weighted by molar-refractivity contribution is -0.138. The van der Waals surface area contributed by atoms with Crippen molar-refractivity contribution in [3.05, 3.63) is 29.8 Å². The van der Waals surface area contributed by atoms with Crippen molar-refractivity contribution in [1.82, 2.24) is 5.32 Å². The van der Waals surface area contributed by atoms with E-state index in [-0.39, 0.29) is 18.4 Å². The highest BCUT2D eigenvalue weighted by Crippen LogP contribution is 2.31. The highest BCUT2D eigenvalue weighted by molar-refractivity contribution is 5.67. The van der Waals surface area contributed by atoms with Crippen LogP contribution in [0.3, 0.4) is 0 Å². The summed E-state index contributed by atoms with van der Waals surface area (Å²) in [6.07, 6.45) is 1.98. The SMILES string of the molecule is O=C(O)CC1CCC(c2ccccc2O)NC1. The van der Waals surface area contributed by atoms with Gasteiger partial charge in [-0.25, -0.2) is 0 Å². The topological polar surface area (TPSA) is 69.6 Å². The Hall–Kier alpha value is -1.55. The molecule has 4 heteroatoms. The van der Waals surface area contributed by atoms with Gasteiger partial charge >= 0.3 is 5.97 Å². The van der Waals surface area contributed by atoms with Crippen molar-refractivity contribution in [2.24, 2.45) is 5.92 Å². The van der Waals surface area contributed by atoms with E-state index < -0.39 is 5.97 Å². The maximum absolute atomic E-state index is 10.6. The van der Waals surface area contributed by atoms with Crippen LogP contribution in [0.5, 0.6) is 5.75 Å². The van der Waals surface area contributed by atoms with Crippen LogP contribution in [0.25, 0.3) is 0 Å². The lowest BCUT2D eigenvalue weighted by Gasteiger charge is -2.29. The van der Waals surface area contributed by atoms with E-state index in [4.69, 9.17) is 5.11 Å². The first-order chi connectivity index (χ1) is 8.16. The van der Waals surface area contributed by atoms with Crippen LogP contribution in [-0.2, 0) is 4.79 Å². The number of benzene rings is 1. The highest BCUT2D eigenvalue weighted by Gasteiger charge is 2.24. The largest absolute Gasteiger partial charge is 0.508 e. The number of aliphatic carboxylic acids is 1. The number of carboxylic acid groups (broad SMARTS) is 1. The second kappa shape index (κ2) is 5.19. The first kappa shape index (κ1) is 11.9. The number of phenolic OH excluding ortho intramolecular Hbond substituents is 1. The molecule has 3 N–H and O–H groups in total. The van der Waals surface area contributed by atoms with E-state index in [0.29, 0.717) is 12.3 Å². The summed E-state index contributed by atoms with van der Waals surface area (Å²) in [4.78, 5) is 10.6. The molecule has 1 fully saturated rings. The number of carboxylic acids is 1. The van der Waals surface area contributed by atoms with E-state index in [2.05, 4.69) is 5.32 Å². The third-order valence-corrected chi connectivity index (χ3v) is 3.29. The highest BCUT2D eigenvalue weighted by atomic mass is 16.4. The fraction of sp³-hybridized carbons (Fsp3) is 0.462.